The maximum atomic E-state index is 13.6. The molecule has 0 spiro atoms. The molecule has 0 bridgehead atoms. The third-order valence-electron chi connectivity index (χ3n) is 6.41. The Bertz CT molecular complexity index is 1360. The SMILES string of the molecule is Cc1cccc(Cn2c(C(=O)N3CCN(C(=O)c4ccc(F)cc4)[C@@H](C)C3)cc3ccoc32)c1. The quantitative estimate of drug-likeness (QED) is 0.444. The number of furan rings is 1. The lowest BCUT2D eigenvalue weighted by Crippen LogP contribution is -2.55. The van der Waals surface area contributed by atoms with Crippen molar-refractivity contribution in [1.29, 1.82) is 0 Å². The molecule has 1 fully saturated rings. The van der Waals surface area contributed by atoms with Gasteiger partial charge in [-0.15, -0.1) is 0 Å². The molecule has 0 aliphatic carbocycles. The summed E-state index contributed by atoms with van der Waals surface area (Å²) in [6, 6.07) is 17.3. The number of hydrogen-bond donors (Lipinski definition) is 0. The lowest BCUT2D eigenvalue weighted by atomic mass is 10.1. The number of fused-ring (bicyclic) bond motifs is 1. The molecule has 0 saturated carbocycles. The Labute approximate surface area is 197 Å². The van der Waals surface area contributed by atoms with E-state index in [-0.39, 0.29) is 23.7 Å². The minimum atomic E-state index is -0.376. The summed E-state index contributed by atoms with van der Waals surface area (Å²) in [5.41, 5.74) is 3.93. The van der Waals surface area contributed by atoms with Gasteiger partial charge in [0.15, 0.2) is 0 Å². The van der Waals surface area contributed by atoms with Crippen molar-refractivity contribution < 1.29 is 18.4 Å². The molecule has 1 saturated heterocycles. The van der Waals surface area contributed by atoms with Crippen molar-refractivity contribution in [3.8, 4) is 0 Å². The van der Waals surface area contributed by atoms with Crippen molar-refractivity contribution in [3.63, 3.8) is 0 Å². The van der Waals surface area contributed by atoms with Gasteiger partial charge in [-0.25, -0.2) is 4.39 Å². The number of aryl methyl sites for hydroxylation is 1. The molecule has 1 aliphatic rings. The van der Waals surface area contributed by atoms with E-state index in [4.69, 9.17) is 4.42 Å². The summed E-state index contributed by atoms with van der Waals surface area (Å²) in [6.45, 7) is 5.76. The average molecular weight is 460 g/mol. The molecule has 174 valence electrons. The topological polar surface area (TPSA) is 58.7 Å². The summed E-state index contributed by atoms with van der Waals surface area (Å²) in [6.07, 6.45) is 1.63. The van der Waals surface area contributed by atoms with Crippen molar-refractivity contribution in [2.24, 2.45) is 0 Å². The number of carbonyl (C=O) groups is 2. The van der Waals surface area contributed by atoms with Gasteiger partial charge in [0.1, 0.15) is 11.5 Å². The summed E-state index contributed by atoms with van der Waals surface area (Å²) in [4.78, 5) is 30.0. The van der Waals surface area contributed by atoms with E-state index in [0.717, 1.165) is 16.5 Å². The molecule has 2 amide bonds. The van der Waals surface area contributed by atoms with Crippen molar-refractivity contribution in [3.05, 3.63) is 95.1 Å². The van der Waals surface area contributed by atoms with Crippen molar-refractivity contribution in [1.82, 2.24) is 14.4 Å². The predicted octanol–water partition coefficient (Wildman–Crippen LogP) is 4.72. The first kappa shape index (κ1) is 21.9. The summed E-state index contributed by atoms with van der Waals surface area (Å²) >= 11 is 0. The molecular weight excluding hydrogens is 433 g/mol. The number of hydrogen-bond acceptors (Lipinski definition) is 3. The Kier molecular flexibility index (Phi) is 5.69. The van der Waals surface area contributed by atoms with Gasteiger partial charge in [0.05, 0.1) is 12.8 Å². The van der Waals surface area contributed by atoms with Crippen LogP contribution < -0.4 is 0 Å². The van der Waals surface area contributed by atoms with Crippen LogP contribution in [-0.2, 0) is 6.54 Å². The highest BCUT2D eigenvalue weighted by atomic mass is 19.1. The highest BCUT2D eigenvalue weighted by molar-refractivity contribution is 5.98. The largest absolute Gasteiger partial charge is 0.448 e. The minimum absolute atomic E-state index is 0.0835. The molecular formula is C27H26FN3O3. The molecule has 1 aliphatic heterocycles. The summed E-state index contributed by atoms with van der Waals surface area (Å²) in [5, 5.41) is 0.883. The van der Waals surface area contributed by atoms with Crippen LogP contribution in [-0.4, -0.2) is 51.9 Å². The fourth-order valence-corrected chi connectivity index (χ4v) is 4.67. The van der Waals surface area contributed by atoms with E-state index in [1.807, 2.05) is 48.7 Å². The molecule has 4 aromatic rings. The van der Waals surface area contributed by atoms with Gasteiger partial charge < -0.3 is 18.8 Å². The van der Waals surface area contributed by atoms with Crippen LogP contribution in [0, 0.1) is 12.7 Å². The number of rotatable bonds is 4. The second-order valence-corrected chi connectivity index (χ2v) is 8.89. The van der Waals surface area contributed by atoms with Crippen LogP contribution in [0.5, 0.6) is 0 Å². The fourth-order valence-electron chi connectivity index (χ4n) is 4.67. The van der Waals surface area contributed by atoms with Crippen LogP contribution in [0.2, 0.25) is 0 Å². The van der Waals surface area contributed by atoms with Gasteiger partial charge in [0.2, 0.25) is 5.71 Å². The standard InChI is InChI=1S/C27H26FN3O3/c1-18-4-3-5-20(14-18)17-31-24(15-22-10-13-34-27(22)31)26(33)29-11-12-30(19(2)16-29)25(32)21-6-8-23(28)9-7-21/h3-10,13-15,19H,11-12,16-17H2,1-2H3/t19-/m0/s1. The zero-order valence-corrected chi connectivity index (χ0v) is 19.2. The van der Waals surface area contributed by atoms with E-state index in [2.05, 4.69) is 6.07 Å². The monoisotopic (exact) mass is 459 g/mol. The molecule has 1 atom stereocenters. The second kappa shape index (κ2) is 8.82. The smallest absolute Gasteiger partial charge is 0.270 e. The molecule has 3 heterocycles. The minimum Gasteiger partial charge on any atom is -0.448 e. The Morgan fingerprint density at radius 2 is 1.82 bits per heavy atom. The second-order valence-electron chi connectivity index (χ2n) is 8.89. The number of amides is 2. The van der Waals surface area contributed by atoms with Gasteiger partial charge in [-0.2, -0.15) is 0 Å². The molecule has 5 rings (SSSR count). The first-order valence-electron chi connectivity index (χ1n) is 11.4. The van der Waals surface area contributed by atoms with Crippen molar-refractivity contribution in [2.45, 2.75) is 26.4 Å². The molecule has 0 unspecified atom stereocenters. The van der Waals surface area contributed by atoms with E-state index < -0.39 is 0 Å². The first-order valence-corrected chi connectivity index (χ1v) is 11.4. The number of halogens is 1. The van der Waals surface area contributed by atoms with Crippen LogP contribution in [0.1, 0.15) is 38.9 Å². The van der Waals surface area contributed by atoms with Crippen LogP contribution >= 0.6 is 0 Å². The van der Waals surface area contributed by atoms with Crippen LogP contribution in [0.15, 0.2) is 71.3 Å². The highest BCUT2D eigenvalue weighted by Gasteiger charge is 2.32. The van der Waals surface area contributed by atoms with Gasteiger partial charge in [-0.05, 0) is 55.8 Å². The van der Waals surface area contributed by atoms with Gasteiger partial charge >= 0.3 is 0 Å². The summed E-state index contributed by atoms with van der Waals surface area (Å²) in [5.74, 6) is -0.612. The molecule has 0 N–H and O–H groups in total. The maximum Gasteiger partial charge on any atom is 0.270 e. The maximum absolute atomic E-state index is 13.6. The Morgan fingerprint density at radius 3 is 2.56 bits per heavy atom. The first-order chi connectivity index (χ1) is 16.4. The number of carbonyl (C=O) groups excluding carboxylic acids is 2. The molecule has 34 heavy (non-hydrogen) atoms. The predicted molar refractivity (Wildman–Crippen MR) is 127 cm³/mol. The van der Waals surface area contributed by atoms with E-state index >= 15 is 0 Å². The average Bonchev–Trinajstić information content (AvgIpc) is 3.41. The van der Waals surface area contributed by atoms with Gasteiger partial charge in [-0.1, -0.05) is 29.8 Å². The summed E-state index contributed by atoms with van der Waals surface area (Å²) in [7, 11) is 0. The number of benzene rings is 2. The van der Waals surface area contributed by atoms with E-state index in [9.17, 15) is 14.0 Å². The molecule has 6 nitrogen and oxygen atoms in total. The van der Waals surface area contributed by atoms with E-state index in [1.54, 1.807) is 16.1 Å². The van der Waals surface area contributed by atoms with Crippen molar-refractivity contribution in [2.75, 3.05) is 19.6 Å². The lowest BCUT2D eigenvalue weighted by molar-refractivity contribution is 0.0409. The van der Waals surface area contributed by atoms with Crippen LogP contribution in [0.25, 0.3) is 11.1 Å². The number of nitrogens with zero attached hydrogens (tertiary/aromatic N) is 3. The third kappa shape index (κ3) is 4.09. The van der Waals surface area contributed by atoms with Crippen LogP contribution in [0.4, 0.5) is 4.39 Å². The molecule has 2 aromatic heterocycles. The van der Waals surface area contributed by atoms with E-state index in [0.29, 0.717) is 43.1 Å². The van der Waals surface area contributed by atoms with Gasteiger partial charge in [0, 0.05) is 36.6 Å². The molecule has 7 heteroatoms. The zero-order chi connectivity index (χ0) is 23.8. The van der Waals surface area contributed by atoms with Crippen LogP contribution in [0.3, 0.4) is 0 Å². The Morgan fingerprint density at radius 1 is 1.03 bits per heavy atom. The third-order valence-corrected chi connectivity index (χ3v) is 6.41. The van der Waals surface area contributed by atoms with Crippen molar-refractivity contribution >= 4 is 22.9 Å². The lowest BCUT2D eigenvalue weighted by Gasteiger charge is -2.40. The summed E-state index contributed by atoms with van der Waals surface area (Å²) < 4.78 is 20.9. The number of aromatic nitrogens is 1. The van der Waals surface area contributed by atoms with Gasteiger partial charge in [-0.3, -0.25) is 9.59 Å². The Hall–Kier alpha value is -3.87. The molecule has 2 aromatic carbocycles. The Balaban J connectivity index is 1.36. The normalized spacial score (nSPS) is 16.3. The van der Waals surface area contributed by atoms with Gasteiger partial charge in [0.25, 0.3) is 11.8 Å². The molecule has 0 radical (unpaired) electrons. The van der Waals surface area contributed by atoms with E-state index in [1.165, 1.54) is 24.3 Å². The zero-order valence-electron chi connectivity index (χ0n) is 19.2. The fraction of sp³-hybridized carbons (Fsp3) is 0.259. The number of piperazine rings is 1. The highest BCUT2D eigenvalue weighted by Crippen LogP contribution is 2.25.